The van der Waals surface area contributed by atoms with Crippen molar-refractivity contribution in [3.8, 4) is 0 Å². The highest BCUT2D eigenvalue weighted by molar-refractivity contribution is 7.80. The number of esters is 1. The summed E-state index contributed by atoms with van der Waals surface area (Å²) in [5.41, 5.74) is 6.27. The molecule has 1 rings (SSSR count). The molecule has 1 fully saturated rings. The van der Waals surface area contributed by atoms with Crippen LogP contribution in [0.3, 0.4) is 0 Å². The van der Waals surface area contributed by atoms with Crippen molar-refractivity contribution in [2.45, 2.75) is 13.8 Å². The second-order valence-electron chi connectivity index (χ2n) is 4.73. The summed E-state index contributed by atoms with van der Waals surface area (Å²) < 4.78 is 9.99. The SMILES string of the molecule is CCOC(=O)/C(C(=S)NC)=C(/N)N1CCN(C(=O)OCC)CC1. The van der Waals surface area contributed by atoms with E-state index in [-0.39, 0.29) is 29.1 Å². The average molecular weight is 344 g/mol. The van der Waals surface area contributed by atoms with Crippen LogP contribution in [0.1, 0.15) is 13.8 Å². The van der Waals surface area contributed by atoms with E-state index in [0.29, 0.717) is 32.8 Å². The lowest BCUT2D eigenvalue weighted by Crippen LogP contribution is -2.50. The fourth-order valence-corrected chi connectivity index (χ4v) is 2.33. The zero-order valence-corrected chi connectivity index (χ0v) is 14.6. The number of nitrogens with two attached hydrogens (primary N) is 1. The molecule has 1 aliphatic heterocycles. The Morgan fingerprint density at radius 1 is 1.09 bits per heavy atom. The van der Waals surface area contributed by atoms with Crippen molar-refractivity contribution >= 4 is 29.3 Å². The lowest BCUT2D eigenvalue weighted by Gasteiger charge is -2.36. The Morgan fingerprint density at radius 2 is 1.61 bits per heavy atom. The first kappa shape index (κ1) is 19.0. The normalized spacial score (nSPS) is 15.6. The third-order valence-electron chi connectivity index (χ3n) is 3.34. The van der Waals surface area contributed by atoms with Gasteiger partial charge in [0.1, 0.15) is 16.4 Å². The van der Waals surface area contributed by atoms with E-state index in [1.165, 1.54) is 0 Å². The molecule has 1 aliphatic rings. The fraction of sp³-hybridized carbons (Fsp3) is 0.643. The van der Waals surface area contributed by atoms with Crippen LogP contribution in [0.25, 0.3) is 0 Å². The molecule has 0 spiro atoms. The van der Waals surface area contributed by atoms with Crippen molar-refractivity contribution in [1.29, 1.82) is 0 Å². The maximum atomic E-state index is 12.1. The summed E-state index contributed by atoms with van der Waals surface area (Å²) in [6.07, 6.45) is -0.342. The van der Waals surface area contributed by atoms with Gasteiger partial charge in [-0.25, -0.2) is 9.59 Å². The molecule has 0 atom stereocenters. The Balaban J connectivity index is 2.84. The first-order valence-corrected chi connectivity index (χ1v) is 7.92. The van der Waals surface area contributed by atoms with Gasteiger partial charge >= 0.3 is 12.1 Å². The minimum absolute atomic E-state index is 0.147. The average Bonchev–Trinajstić information content (AvgIpc) is 2.55. The van der Waals surface area contributed by atoms with Crippen LogP contribution in [0.15, 0.2) is 11.4 Å². The molecule has 0 radical (unpaired) electrons. The predicted octanol–water partition coefficient (Wildman–Crippen LogP) is 0.0407. The van der Waals surface area contributed by atoms with Gasteiger partial charge in [0.2, 0.25) is 0 Å². The zero-order valence-electron chi connectivity index (χ0n) is 13.8. The Hall–Kier alpha value is -2.03. The van der Waals surface area contributed by atoms with E-state index < -0.39 is 5.97 Å². The zero-order chi connectivity index (χ0) is 17.4. The highest BCUT2D eigenvalue weighted by Crippen LogP contribution is 2.13. The van der Waals surface area contributed by atoms with Gasteiger partial charge in [0, 0.05) is 33.2 Å². The van der Waals surface area contributed by atoms with Gasteiger partial charge in [0.05, 0.1) is 13.2 Å². The number of likely N-dealkylation sites (N-methyl/N-ethyl adjacent to an activating group) is 1. The number of hydrogen-bond donors (Lipinski definition) is 2. The number of rotatable bonds is 5. The van der Waals surface area contributed by atoms with Crippen molar-refractivity contribution in [3.05, 3.63) is 11.4 Å². The van der Waals surface area contributed by atoms with Crippen LogP contribution in [0.2, 0.25) is 0 Å². The quantitative estimate of drug-likeness (QED) is 0.410. The maximum absolute atomic E-state index is 12.1. The van der Waals surface area contributed by atoms with Gasteiger partial charge in [-0.2, -0.15) is 0 Å². The largest absolute Gasteiger partial charge is 0.462 e. The molecule has 0 aromatic carbocycles. The van der Waals surface area contributed by atoms with Gasteiger partial charge in [0.25, 0.3) is 0 Å². The summed E-state index contributed by atoms with van der Waals surface area (Å²) in [6.45, 7) is 5.94. The molecule has 9 heteroatoms. The molecule has 23 heavy (non-hydrogen) atoms. The molecule has 0 bridgehead atoms. The van der Waals surface area contributed by atoms with Gasteiger partial charge in [-0.3, -0.25) is 0 Å². The molecular formula is C14H24N4O4S. The lowest BCUT2D eigenvalue weighted by atomic mass is 10.2. The van der Waals surface area contributed by atoms with E-state index in [2.05, 4.69) is 5.32 Å². The third-order valence-corrected chi connectivity index (χ3v) is 3.74. The summed E-state index contributed by atoms with van der Waals surface area (Å²) in [4.78, 5) is 27.4. The molecule has 0 saturated carbocycles. The second kappa shape index (κ2) is 9.19. The second-order valence-corrected chi connectivity index (χ2v) is 5.14. The Kier molecular flexibility index (Phi) is 7.60. The first-order chi connectivity index (χ1) is 11.0. The Morgan fingerprint density at radius 3 is 2.09 bits per heavy atom. The van der Waals surface area contributed by atoms with Gasteiger partial charge < -0.3 is 30.3 Å². The monoisotopic (exact) mass is 344 g/mol. The van der Waals surface area contributed by atoms with Gasteiger partial charge in [-0.1, -0.05) is 12.2 Å². The molecule has 130 valence electrons. The van der Waals surface area contributed by atoms with Crippen LogP contribution < -0.4 is 11.1 Å². The van der Waals surface area contributed by atoms with E-state index in [1.54, 1.807) is 25.8 Å². The number of carbonyl (C=O) groups is 2. The van der Waals surface area contributed by atoms with Crippen LogP contribution in [-0.4, -0.2) is 73.3 Å². The van der Waals surface area contributed by atoms with Crippen molar-refractivity contribution < 1.29 is 19.1 Å². The topological polar surface area (TPSA) is 97.1 Å². The van der Waals surface area contributed by atoms with Crippen molar-refractivity contribution in [3.63, 3.8) is 0 Å². The van der Waals surface area contributed by atoms with Crippen molar-refractivity contribution in [1.82, 2.24) is 15.1 Å². The van der Waals surface area contributed by atoms with E-state index in [0.717, 1.165) is 0 Å². The minimum Gasteiger partial charge on any atom is -0.462 e. The van der Waals surface area contributed by atoms with E-state index in [4.69, 9.17) is 27.4 Å². The molecule has 0 aromatic rings. The fourth-order valence-electron chi connectivity index (χ4n) is 2.14. The first-order valence-electron chi connectivity index (χ1n) is 7.51. The molecule has 1 amide bonds. The van der Waals surface area contributed by atoms with Crippen LogP contribution in [-0.2, 0) is 14.3 Å². The summed E-state index contributed by atoms with van der Waals surface area (Å²) in [7, 11) is 1.62. The molecular weight excluding hydrogens is 320 g/mol. The number of hydrogen-bond acceptors (Lipinski definition) is 7. The number of amides is 1. The number of nitrogens with zero attached hydrogens (tertiary/aromatic N) is 2. The van der Waals surface area contributed by atoms with E-state index in [9.17, 15) is 9.59 Å². The minimum atomic E-state index is -0.558. The van der Waals surface area contributed by atoms with E-state index >= 15 is 0 Å². The third kappa shape index (κ3) is 4.98. The Bertz CT molecular complexity index is 487. The number of ether oxygens (including phenoxy) is 2. The number of carbonyl (C=O) groups excluding carboxylic acids is 2. The van der Waals surface area contributed by atoms with Gasteiger partial charge in [-0.05, 0) is 13.8 Å². The van der Waals surface area contributed by atoms with Gasteiger partial charge in [0.15, 0.2) is 0 Å². The molecule has 0 aliphatic carbocycles. The molecule has 1 saturated heterocycles. The number of piperazine rings is 1. The number of thiocarbonyl (C=S) groups is 1. The molecule has 0 aromatic heterocycles. The highest BCUT2D eigenvalue weighted by Gasteiger charge is 2.27. The Labute approximate surface area is 141 Å². The molecule has 8 nitrogen and oxygen atoms in total. The van der Waals surface area contributed by atoms with Crippen LogP contribution in [0, 0.1) is 0 Å². The van der Waals surface area contributed by atoms with Crippen molar-refractivity contribution in [2.75, 3.05) is 46.4 Å². The van der Waals surface area contributed by atoms with E-state index in [1.807, 2.05) is 4.90 Å². The van der Waals surface area contributed by atoms with Crippen molar-refractivity contribution in [2.24, 2.45) is 5.73 Å². The molecule has 1 heterocycles. The summed E-state index contributed by atoms with van der Waals surface area (Å²) in [5, 5.41) is 2.75. The molecule has 3 N–H and O–H groups in total. The summed E-state index contributed by atoms with van der Waals surface area (Å²) in [5.74, 6) is -0.302. The molecule has 0 unspecified atom stereocenters. The smallest absolute Gasteiger partial charge is 0.409 e. The number of nitrogens with one attached hydrogen (secondary N) is 1. The van der Waals surface area contributed by atoms with Crippen LogP contribution >= 0.6 is 12.2 Å². The highest BCUT2D eigenvalue weighted by atomic mass is 32.1. The summed E-state index contributed by atoms with van der Waals surface area (Å²) in [6, 6.07) is 0. The van der Waals surface area contributed by atoms with Crippen LogP contribution in [0.5, 0.6) is 0 Å². The standard InChI is InChI=1S/C14H24N4O4S/c1-4-21-13(19)10(12(23)16-3)11(15)17-6-8-18(9-7-17)14(20)22-5-2/h4-9,15H2,1-3H3,(H,16,23)/b11-10-. The van der Waals surface area contributed by atoms with Crippen LogP contribution in [0.4, 0.5) is 4.79 Å². The van der Waals surface area contributed by atoms with Gasteiger partial charge in [-0.15, -0.1) is 0 Å². The lowest BCUT2D eigenvalue weighted by molar-refractivity contribution is -0.138. The summed E-state index contributed by atoms with van der Waals surface area (Å²) >= 11 is 5.15. The maximum Gasteiger partial charge on any atom is 0.409 e. The predicted molar refractivity (Wildman–Crippen MR) is 89.7 cm³/mol.